The molecule has 0 fully saturated rings. The van der Waals surface area contributed by atoms with Gasteiger partial charge in [0, 0.05) is 13.1 Å². The van der Waals surface area contributed by atoms with Crippen molar-refractivity contribution in [2.75, 3.05) is 0 Å². The first-order chi connectivity index (χ1) is 8.06. The summed E-state index contributed by atoms with van der Waals surface area (Å²) in [5.74, 6) is -0.396. The van der Waals surface area contributed by atoms with Gasteiger partial charge < -0.3 is 10.5 Å². The maximum absolute atomic E-state index is 13.7. The van der Waals surface area contributed by atoms with Gasteiger partial charge in [-0.05, 0) is 24.6 Å². The van der Waals surface area contributed by atoms with Gasteiger partial charge in [-0.15, -0.1) is 5.10 Å². The summed E-state index contributed by atoms with van der Waals surface area (Å²) in [6.45, 7) is 1.79. The summed E-state index contributed by atoms with van der Waals surface area (Å²) in [4.78, 5) is 3.85. The fourth-order valence-electron chi connectivity index (χ4n) is 1.35. The fraction of sp³-hybridized carbons (Fsp3) is 0.273. The van der Waals surface area contributed by atoms with Gasteiger partial charge in [-0.2, -0.15) is 4.98 Å². The van der Waals surface area contributed by atoms with Crippen molar-refractivity contribution in [2.45, 2.75) is 13.0 Å². The molecule has 1 aromatic heterocycles. The Morgan fingerprint density at radius 2 is 2.24 bits per heavy atom. The fourth-order valence-corrected chi connectivity index (χ4v) is 1.35. The zero-order valence-electron chi connectivity index (χ0n) is 9.59. The molecule has 0 saturated heterocycles. The van der Waals surface area contributed by atoms with Crippen LogP contribution >= 0.6 is 0 Å². The van der Waals surface area contributed by atoms with Crippen LogP contribution in [0.25, 0.3) is 0 Å². The molecule has 6 heteroatoms. The van der Waals surface area contributed by atoms with Crippen LogP contribution in [0.5, 0.6) is 11.8 Å². The predicted octanol–water partition coefficient (Wildman–Crippen LogP) is 1.77. The maximum atomic E-state index is 13.7. The molecule has 2 rings (SSSR count). The van der Waals surface area contributed by atoms with E-state index < -0.39 is 5.82 Å². The van der Waals surface area contributed by atoms with Crippen LogP contribution in [-0.4, -0.2) is 14.8 Å². The number of nitrogens with two attached hydrogens (primary N) is 1. The Morgan fingerprint density at radius 3 is 2.76 bits per heavy atom. The third-order valence-electron chi connectivity index (χ3n) is 2.26. The number of rotatable bonds is 3. The summed E-state index contributed by atoms with van der Waals surface area (Å²) >= 11 is 0. The number of aryl methyl sites for hydroxylation is 1. The quantitative estimate of drug-likeness (QED) is 0.881. The second-order valence-electron chi connectivity index (χ2n) is 3.78. The van der Waals surface area contributed by atoms with Crippen molar-refractivity contribution in [1.82, 2.24) is 14.8 Å². The molecule has 0 aliphatic carbocycles. The molecule has 1 aromatic carbocycles. The third-order valence-corrected chi connectivity index (χ3v) is 2.26. The van der Waals surface area contributed by atoms with E-state index in [4.69, 9.17) is 10.5 Å². The Balaban J connectivity index is 2.22. The monoisotopic (exact) mass is 236 g/mol. The third kappa shape index (κ3) is 2.59. The molecule has 1 atom stereocenters. The second kappa shape index (κ2) is 4.50. The second-order valence-corrected chi connectivity index (χ2v) is 3.78. The number of aromatic nitrogens is 3. The number of benzene rings is 1. The van der Waals surface area contributed by atoms with Crippen LogP contribution < -0.4 is 10.5 Å². The van der Waals surface area contributed by atoms with Gasteiger partial charge in [0.2, 0.25) is 0 Å². The molecule has 0 amide bonds. The lowest BCUT2D eigenvalue weighted by molar-refractivity contribution is 0.408. The summed E-state index contributed by atoms with van der Waals surface area (Å²) < 4.78 is 20.3. The van der Waals surface area contributed by atoms with Gasteiger partial charge >= 0.3 is 6.01 Å². The van der Waals surface area contributed by atoms with Gasteiger partial charge in [0.05, 0.1) is 0 Å². The number of ether oxygens (including phenoxy) is 1. The number of halogens is 1. The first-order valence-electron chi connectivity index (χ1n) is 5.15. The summed E-state index contributed by atoms with van der Waals surface area (Å²) in [5.41, 5.74) is 6.36. The largest absolute Gasteiger partial charge is 0.420 e. The van der Waals surface area contributed by atoms with Crippen molar-refractivity contribution in [1.29, 1.82) is 0 Å². The Morgan fingerprint density at radius 1 is 1.47 bits per heavy atom. The van der Waals surface area contributed by atoms with Crippen LogP contribution in [-0.2, 0) is 7.05 Å². The molecule has 0 spiro atoms. The lowest BCUT2D eigenvalue weighted by Crippen LogP contribution is -2.05. The first-order valence-corrected chi connectivity index (χ1v) is 5.15. The van der Waals surface area contributed by atoms with E-state index in [-0.39, 0.29) is 17.8 Å². The smallest absolute Gasteiger partial charge is 0.341 e. The minimum absolute atomic E-state index is 0.0839. The average molecular weight is 236 g/mol. The minimum atomic E-state index is -0.479. The van der Waals surface area contributed by atoms with Crippen LogP contribution in [0.3, 0.4) is 0 Å². The predicted molar refractivity (Wildman–Crippen MR) is 60.1 cm³/mol. The van der Waals surface area contributed by atoms with Crippen LogP contribution in [0, 0.1) is 5.82 Å². The van der Waals surface area contributed by atoms with E-state index in [1.807, 2.05) is 0 Å². The molecule has 0 aliphatic rings. The molecule has 1 heterocycles. The normalized spacial score (nSPS) is 12.5. The molecule has 0 bridgehead atoms. The van der Waals surface area contributed by atoms with Crippen molar-refractivity contribution >= 4 is 0 Å². The molecular weight excluding hydrogens is 223 g/mol. The number of hydrogen-bond acceptors (Lipinski definition) is 4. The van der Waals surface area contributed by atoms with Gasteiger partial charge in [-0.1, -0.05) is 6.07 Å². The summed E-state index contributed by atoms with van der Waals surface area (Å²) in [6.07, 6.45) is 1.48. The highest BCUT2D eigenvalue weighted by molar-refractivity contribution is 5.32. The summed E-state index contributed by atoms with van der Waals surface area (Å²) in [6, 6.07) is 4.48. The van der Waals surface area contributed by atoms with Crippen molar-refractivity contribution in [3.05, 3.63) is 35.9 Å². The molecular formula is C11H13FN4O. The van der Waals surface area contributed by atoms with E-state index in [1.165, 1.54) is 23.1 Å². The first kappa shape index (κ1) is 11.5. The molecule has 5 nitrogen and oxygen atoms in total. The van der Waals surface area contributed by atoms with Crippen LogP contribution in [0.2, 0.25) is 0 Å². The molecule has 0 radical (unpaired) electrons. The van der Waals surface area contributed by atoms with Crippen LogP contribution in [0.15, 0.2) is 24.5 Å². The Kier molecular flexibility index (Phi) is 3.06. The van der Waals surface area contributed by atoms with E-state index in [2.05, 4.69) is 10.1 Å². The number of hydrogen-bond donors (Lipinski definition) is 1. The van der Waals surface area contributed by atoms with Crippen molar-refractivity contribution in [3.8, 4) is 11.8 Å². The molecule has 90 valence electrons. The molecule has 0 aliphatic heterocycles. The van der Waals surface area contributed by atoms with Crippen molar-refractivity contribution in [2.24, 2.45) is 12.8 Å². The average Bonchev–Trinajstić information content (AvgIpc) is 2.67. The highest BCUT2D eigenvalue weighted by Crippen LogP contribution is 2.24. The number of nitrogens with zero attached hydrogens (tertiary/aromatic N) is 3. The van der Waals surface area contributed by atoms with E-state index in [0.29, 0.717) is 5.56 Å². The van der Waals surface area contributed by atoms with Gasteiger partial charge in [-0.25, -0.2) is 4.39 Å². The van der Waals surface area contributed by atoms with Crippen molar-refractivity contribution < 1.29 is 9.13 Å². The zero-order valence-corrected chi connectivity index (χ0v) is 9.59. The minimum Gasteiger partial charge on any atom is -0.420 e. The van der Waals surface area contributed by atoms with E-state index in [1.54, 1.807) is 20.0 Å². The Hall–Kier alpha value is -1.95. The lowest BCUT2D eigenvalue weighted by Gasteiger charge is -2.07. The molecule has 2 aromatic rings. The van der Waals surface area contributed by atoms with E-state index >= 15 is 0 Å². The van der Waals surface area contributed by atoms with Gasteiger partial charge in [-0.3, -0.25) is 4.68 Å². The topological polar surface area (TPSA) is 66.0 Å². The Labute approximate surface area is 98.0 Å². The SMILES string of the molecule is C[C@@H](N)c1ccc(Oc2ncn(C)n2)c(F)c1. The maximum Gasteiger partial charge on any atom is 0.341 e. The standard InChI is InChI=1S/C11H13FN4O/c1-7(13)8-3-4-10(9(12)5-8)17-11-14-6-16(2)15-11/h3-7H,13H2,1-2H3/t7-/m1/s1. The van der Waals surface area contributed by atoms with E-state index in [9.17, 15) is 4.39 Å². The Bertz CT molecular complexity index is 524. The van der Waals surface area contributed by atoms with Gasteiger partial charge in [0.25, 0.3) is 0 Å². The van der Waals surface area contributed by atoms with E-state index in [0.717, 1.165) is 0 Å². The molecule has 0 saturated carbocycles. The van der Waals surface area contributed by atoms with Gasteiger partial charge in [0.15, 0.2) is 11.6 Å². The molecule has 17 heavy (non-hydrogen) atoms. The molecule has 2 N–H and O–H groups in total. The van der Waals surface area contributed by atoms with Crippen molar-refractivity contribution in [3.63, 3.8) is 0 Å². The lowest BCUT2D eigenvalue weighted by atomic mass is 10.1. The highest BCUT2D eigenvalue weighted by atomic mass is 19.1. The highest BCUT2D eigenvalue weighted by Gasteiger charge is 2.10. The van der Waals surface area contributed by atoms with Gasteiger partial charge in [0.1, 0.15) is 6.33 Å². The van der Waals surface area contributed by atoms with Crippen LogP contribution in [0.1, 0.15) is 18.5 Å². The summed E-state index contributed by atoms with van der Waals surface area (Å²) in [5, 5.41) is 3.90. The van der Waals surface area contributed by atoms with Crippen LogP contribution in [0.4, 0.5) is 4.39 Å². The summed E-state index contributed by atoms with van der Waals surface area (Å²) in [7, 11) is 1.70. The molecule has 0 unspecified atom stereocenters. The zero-order chi connectivity index (χ0) is 12.4.